The molecule has 2 aromatic rings. The number of guanidine groups is 1. The number of nitrogens with two attached hydrogens (primary N) is 1. The highest BCUT2D eigenvalue weighted by Crippen LogP contribution is 2.37. The first-order chi connectivity index (χ1) is 13.8. The summed E-state index contributed by atoms with van der Waals surface area (Å²) in [5.74, 6) is -0.0896. The van der Waals surface area contributed by atoms with Gasteiger partial charge in [-0.05, 0) is 55.2 Å². The van der Waals surface area contributed by atoms with Gasteiger partial charge in [0, 0.05) is 24.3 Å². The van der Waals surface area contributed by atoms with Crippen LogP contribution in [-0.4, -0.2) is 32.1 Å². The van der Waals surface area contributed by atoms with Crippen LogP contribution in [-0.2, 0) is 10.2 Å². The molecule has 3 rings (SSSR count). The average Bonchev–Trinajstić information content (AvgIpc) is 2.68. The fourth-order valence-corrected chi connectivity index (χ4v) is 3.61. The first kappa shape index (κ1) is 24.3. The van der Waals surface area contributed by atoms with Gasteiger partial charge in [-0.15, -0.1) is 37.1 Å². The first-order valence-electron chi connectivity index (χ1n) is 9.34. The third kappa shape index (κ3) is 6.49. The molecule has 1 aliphatic rings. The summed E-state index contributed by atoms with van der Waals surface area (Å²) in [5.41, 5.74) is 8.86. The van der Waals surface area contributed by atoms with Crippen molar-refractivity contribution in [1.82, 2.24) is 0 Å². The zero-order valence-electron chi connectivity index (χ0n) is 16.5. The molecule has 5 nitrogen and oxygen atoms in total. The van der Waals surface area contributed by atoms with Crippen LogP contribution in [0.15, 0.2) is 53.5 Å². The fourth-order valence-electron chi connectivity index (χ4n) is 3.61. The molecule has 2 aromatic carbocycles. The van der Waals surface area contributed by atoms with E-state index in [-0.39, 0.29) is 41.1 Å². The van der Waals surface area contributed by atoms with Gasteiger partial charge in [0.25, 0.3) is 0 Å². The Morgan fingerprint density at radius 2 is 1.77 bits per heavy atom. The molecule has 1 aliphatic heterocycles. The zero-order chi connectivity index (χ0) is 20.9. The van der Waals surface area contributed by atoms with Crippen molar-refractivity contribution in [3.8, 4) is 5.75 Å². The Labute approximate surface area is 190 Å². The normalized spacial score (nSPS) is 16.5. The molecule has 0 aliphatic carbocycles. The lowest BCUT2D eigenvalue weighted by Crippen LogP contribution is -2.38. The largest absolute Gasteiger partial charge is 0.573 e. The summed E-state index contributed by atoms with van der Waals surface area (Å²) in [7, 11) is 0. The maximum Gasteiger partial charge on any atom is 0.573 e. The van der Waals surface area contributed by atoms with E-state index >= 15 is 0 Å². The number of anilines is 1. The predicted molar refractivity (Wildman–Crippen MR) is 122 cm³/mol. The molecule has 1 fully saturated rings. The maximum absolute atomic E-state index is 12.2. The summed E-state index contributed by atoms with van der Waals surface area (Å²) < 4.78 is 46.2. The van der Waals surface area contributed by atoms with Gasteiger partial charge in [0.1, 0.15) is 5.75 Å². The van der Waals surface area contributed by atoms with E-state index in [0.717, 1.165) is 12.8 Å². The number of hydrogen-bond acceptors (Lipinski definition) is 3. The summed E-state index contributed by atoms with van der Waals surface area (Å²) >= 11 is 0. The average molecular weight is 535 g/mol. The van der Waals surface area contributed by atoms with Gasteiger partial charge in [0.15, 0.2) is 5.96 Å². The fraction of sp³-hybridized carbons (Fsp3) is 0.381. The molecule has 0 atom stereocenters. The Kier molecular flexibility index (Phi) is 8.36. The molecule has 0 radical (unpaired) electrons. The van der Waals surface area contributed by atoms with E-state index in [9.17, 15) is 13.2 Å². The van der Waals surface area contributed by atoms with Gasteiger partial charge in [-0.2, -0.15) is 0 Å². The number of halogens is 4. The second kappa shape index (κ2) is 10.3. The van der Waals surface area contributed by atoms with E-state index in [1.807, 2.05) is 12.1 Å². The van der Waals surface area contributed by atoms with Crippen molar-refractivity contribution in [3.05, 3.63) is 59.7 Å². The number of rotatable bonds is 5. The molecule has 3 N–H and O–H groups in total. The molecule has 0 unspecified atom stereocenters. The smallest absolute Gasteiger partial charge is 0.406 e. The van der Waals surface area contributed by atoms with Gasteiger partial charge >= 0.3 is 6.36 Å². The van der Waals surface area contributed by atoms with Crippen molar-refractivity contribution in [2.45, 2.75) is 31.5 Å². The van der Waals surface area contributed by atoms with Crippen LogP contribution in [0.4, 0.5) is 18.9 Å². The Morgan fingerprint density at radius 1 is 1.13 bits per heavy atom. The summed E-state index contributed by atoms with van der Waals surface area (Å²) in [5, 5.41) is 2.91. The maximum atomic E-state index is 12.2. The van der Waals surface area contributed by atoms with Gasteiger partial charge in [0.2, 0.25) is 0 Å². The number of nitrogens with one attached hydrogen (secondary N) is 1. The lowest BCUT2D eigenvalue weighted by Gasteiger charge is -2.37. The van der Waals surface area contributed by atoms with Crippen LogP contribution in [0.1, 0.15) is 24.0 Å². The predicted octanol–water partition coefficient (Wildman–Crippen LogP) is 4.99. The Hall–Kier alpha value is -2.01. The Bertz CT molecular complexity index is 851. The monoisotopic (exact) mass is 535 g/mol. The van der Waals surface area contributed by atoms with Gasteiger partial charge in [-0.1, -0.05) is 24.3 Å². The summed E-state index contributed by atoms with van der Waals surface area (Å²) in [4.78, 5) is 4.53. The highest BCUT2D eigenvalue weighted by Gasteiger charge is 2.35. The second-order valence-corrected chi connectivity index (χ2v) is 7.11. The van der Waals surface area contributed by atoms with Crippen LogP contribution in [0.2, 0.25) is 0 Å². The molecule has 1 heterocycles. The lowest BCUT2D eigenvalue weighted by molar-refractivity contribution is -0.274. The number of aryl methyl sites for hydroxylation is 1. The number of nitrogens with zero attached hydrogens (tertiary/aromatic N) is 1. The number of aliphatic imine (C=N–C) groups is 1. The quantitative estimate of drug-likeness (QED) is 0.322. The Morgan fingerprint density at radius 3 is 2.37 bits per heavy atom. The van der Waals surface area contributed by atoms with Crippen LogP contribution < -0.4 is 15.8 Å². The first-order valence-corrected chi connectivity index (χ1v) is 9.34. The van der Waals surface area contributed by atoms with Crippen molar-refractivity contribution in [2.24, 2.45) is 10.7 Å². The van der Waals surface area contributed by atoms with Crippen LogP contribution >= 0.6 is 24.0 Å². The molecular formula is C21H25F3IN3O2. The zero-order valence-corrected chi connectivity index (χ0v) is 18.9. The molecule has 0 saturated carbocycles. The van der Waals surface area contributed by atoms with Crippen LogP contribution in [0.3, 0.4) is 0 Å². The molecule has 0 aromatic heterocycles. The van der Waals surface area contributed by atoms with Gasteiger partial charge in [-0.3, -0.25) is 4.99 Å². The summed E-state index contributed by atoms with van der Waals surface area (Å²) in [6.07, 6.45) is -3.03. The van der Waals surface area contributed by atoms with Gasteiger partial charge in [0.05, 0.1) is 6.54 Å². The lowest BCUT2D eigenvalue weighted by atomic mass is 9.72. The highest BCUT2D eigenvalue weighted by molar-refractivity contribution is 14.0. The number of hydrogen-bond donors (Lipinski definition) is 2. The number of ether oxygens (including phenoxy) is 2. The van der Waals surface area contributed by atoms with E-state index in [0.29, 0.717) is 25.4 Å². The minimum absolute atomic E-state index is 0. The number of benzene rings is 2. The second-order valence-electron chi connectivity index (χ2n) is 7.11. The molecule has 30 heavy (non-hydrogen) atoms. The van der Waals surface area contributed by atoms with Gasteiger partial charge in [-0.25, -0.2) is 0 Å². The van der Waals surface area contributed by atoms with Crippen molar-refractivity contribution in [3.63, 3.8) is 0 Å². The van der Waals surface area contributed by atoms with Crippen LogP contribution in [0.25, 0.3) is 0 Å². The molecule has 0 spiro atoms. The SMILES string of the molecule is Cc1ccccc1C1(CN=C(N)Nc2ccc(OC(F)(F)F)cc2)CCOCC1.I. The van der Waals surface area contributed by atoms with Crippen LogP contribution in [0, 0.1) is 6.92 Å². The molecule has 9 heteroatoms. The van der Waals surface area contributed by atoms with E-state index in [1.165, 1.54) is 35.4 Å². The standard InChI is InChI=1S/C21H24F3N3O2.HI/c1-15-4-2-3-5-18(15)20(10-12-28-13-11-20)14-26-19(25)27-16-6-8-17(9-7-16)29-21(22,23)24;/h2-9H,10-14H2,1H3,(H3,25,26,27);1H. The highest BCUT2D eigenvalue weighted by atomic mass is 127. The Balaban J connectivity index is 0.00000320. The molecular weight excluding hydrogens is 510 g/mol. The minimum atomic E-state index is -4.72. The number of alkyl halides is 3. The molecule has 1 saturated heterocycles. The summed E-state index contributed by atoms with van der Waals surface area (Å²) in [6, 6.07) is 13.6. The van der Waals surface area contributed by atoms with E-state index < -0.39 is 6.36 Å². The molecule has 0 bridgehead atoms. The van der Waals surface area contributed by atoms with E-state index in [4.69, 9.17) is 10.5 Å². The van der Waals surface area contributed by atoms with Crippen molar-refractivity contribution in [1.29, 1.82) is 0 Å². The van der Waals surface area contributed by atoms with Crippen molar-refractivity contribution in [2.75, 3.05) is 25.1 Å². The van der Waals surface area contributed by atoms with Gasteiger partial charge < -0.3 is 20.5 Å². The van der Waals surface area contributed by atoms with E-state index in [2.05, 4.69) is 34.1 Å². The summed E-state index contributed by atoms with van der Waals surface area (Å²) in [6.45, 7) is 3.91. The van der Waals surface area contributed by atoms with E-state index in [1.54, 1.807) is 0 Å². The van der Waals surface area contributed by atoms with Crippen molar-refractivity contribution < 1.29 is 22.6 Å². The van der Waals surface area contributed by atoms with Crippen molar-refractivity contribution >= 4 is 35.6 Å². The third-order valence-electron chi connectivity index (χ3n) is 5.08. The minimum Gasteiger partial charge on any atom is -0.406 e. The topological polar surface area (TPSA) is 68.9 Å². The molecule has 0 amide bonds. The van der Waals surface area contributed by atoms with Crippen LogP contribution in [0.5, 0.6) is 5.75 Å². The molecule has 164 valence electrons. The third-order valence-corrected chi connectivity index (χ3v) is 5.08.